The van der Waals surface area contributed by atoms with Gasteiger partial charge in [-0.3, -0.25) is 14.3 Å². The molecule has 1 aliphatic heterocycles. The molecule has 0 N–H and O–H groups in total. The Labute approximate surface area is 280 Å². The molecular formula is C36H29ClF2N6OS. The molecule has 11 heteroatoms. The van der Waals surface area contributed by atoms with Gasteiger partial charge in [0.05, 0.1) is 23.2 Å². The lowest BCUT2D eigenvalue weighted by atomic mass is 9.77. The molecule has 0 bridgehead atoms. The first-order valence-electron chi connectivity index (χ1n) is 15.2. The molecule has 1 amide bonds. The Morgan fingerprint density at radius 3 is 2.45 bits per heavy atom. The number of amides is 1. The van der Waals surface area contributed by atoms with Crippen LogP contribution in [0.25, 0.3) is 23.2 Å². The van der Waals surface area contributed by atoms with E-state index >= 15 is 0 Å². The Kier molecular flexibility index (Phi) is 8.70. The number of hydrogen-bond acceptors (Lipinski definition) is 6. The van der Waals surface area contributed by atoms with Crippen molar-refractivity contribution in [2.24, 2.45) is 11.0 Å². The van der Waals surface area contributed by atoms with Gasteiger partial charge in [-0.1, -0.05) is 53.7 Å². The Hall–Kier alpha value is -4.67. The van der Waals surface area contributed by atoms with E-state index in [1.54, 1.807) is 41.7 Å². The third kappa shape index (κ3) is 6.23. The van der Waals surface area contributed by atoms with Gasteiger partial charge in [-0.05, 0) is 103 Å². The molecule has 7 nitrogen and oxygen atoms in total. The fourth-order valence-corrected chi connectivity index (χ4v) is 7.23. The van der Waals surface area contributed by atoms with Gasteiger partial charge in [-0.15, -0.1) is 10.2 Å². The van der Waals surface area contributed by atoms with Crippen LogP contribution in [0.4, 0.5) is 8.78 Å². The average Bonchev–Trinajstić information content (AvgIpc) is 3.69. The Bertz CT molecular complexity index is 2000. The maximum Gasteiger partial charge on any atom is 0.253 e. The lowest BCUT2D eigenvalue weighted by Crippen LogP contribution is -2.33. The van der Waals surface area contributed by atoms with Crippen LogP contribution in [-0.2, 0) is 4.79 Å². The highest BCUT2D eigenvalue weighted by atomic mass is 35.5. The highest BCUT2D eigenvalue weighted by molar-refractivity contribution is 7.99. The second-order valence-corrected chi connectivity index (χ2v) is 12.8. The lowest BCUT2D eigenvalue weighted by Gasteiger charge is -2.29. The van der Waals surface area contributed by atoms with Crippen LogP contribution in [0.5, 0.6) is 0 Å². The number of allylic oxidation sites excluding steroid dienone is 1. The number of thioether (sulfide) groups is 1. The minimum absolute atomic E-state index is 0.0340. The van der Waals surface area contributed by atoms with Crippen LogP contribution >= 0.6 is 23.4 Å². The SMILES string of the molecule is Cc1c(Cl)cccc1-n1c(SCC(=O)N2N=C3/C(=C\c4ccc(F)cc4)CCCC3C2c2ccc(F)cc2)nnc1-c1ccncc1. The summed E-state index contributed by atoms with van der Waals surface area (Å²) >= 11 is 7.78. The topological polar surface area (TPSA) is 76.3 Å². The summed E-state index contributed by atoms with van der Waals surface area (Å²) in [6.07, 6.45) is 7.93. The minimum atomic E-state index is -0.393. The fourth-order valence-electron chi connectivity index (χ4n) is 6.26. The maximum atomic E-state index is 14.1. The zero-order valence-electron chi connectivity index (χ0n) is 25.4. The molecule has 1 aliphatic carbocycles. The summed E-state index contributed by atoms with van der Waals surface area (Å²) in [7, 11) is 0. The van der Waals surface area contributed by atoms with Crippen molar-refractivity contribution >= 4 is 41.1 Å². The number of pyridine rings is 1. The van der Waals surface area contributed by atoms with Gasteiger partial charge in [-0.2, -0.15) is 5.10 Å². The standard InChI is InChI=1S/C36H29ClF2N6OS/c1-22-30(37)6-3-7-31(22)44-35(25-16-18-40-19-17-25)41-42-36(44)47-21-32(46)45-34(24-10-14-28(39)15-11-24)29-5-2-4-26(33(29)43-45)20-23-8-12-27(38)13-9-23/h3,6-20,29,34H,2,4-5,21H2,1H3/b26-20-. The Morgan fingerprint density at radius 2 is 1.70 bits per heavy atom. The van der Waals surface area contributed by atoms with Gasteiger partial charge >= 0.3 is 0 Å². The summed E-state index contributed by atoms with van der Waals surface area (Å²) in [5.74, 6) is -0.290. The monoisotopic (exact) mass is 666 g/mol. The molecule has 7 rings (SSSR count). The van der Waals surface area contributed by atoms with E-state index in [-0.39, 0.29) is 29.2 Å². The molecule has 2 unspecified atom stereocenters. The predicted octanol–water partition coefficient (Wildman–Crippen LogP) is 8.48. The molecule has 3 heterocycles. The van der Waals surface area contributed by atoms with Gasteiger partial charge in [0.15, 0.2) is 11.0 Å². The van der Waals surface area contributed by atoms with E-state index in [2.05, 4.69) is 15.2 Å². The number of rotatable bonds is 7. The molecule has 1 saturated carbocycles. The lowest BCUT2D eigenvalue weighted by molar-refractivity contribution is -0.130. The van der Waals surface area contributed by atoms with Crippen LogP contribution < -0.4 is 0 Å². The van der Waals surface area contributed by atoms with Crippen LogP contribution in [-0.4, -0.2) is 42.1 Å². The summed E-state index contributed by atoms with van der Waals surface area (Å²) in [5, 5.41) is 16.6. The first-order chi connectivity index (χ1) is 22.9. The van der Waals surface area contributed by atoms with Crippen molar-refractivity contribution in [1.82, 2.24) is 24.8 Å². The van der Waals surface area contributed by atoms with Crippen molar-refractivity contribution in [1.29, 1.82) is 0 Å². The van der Waals surface area contributed by atoms with Gasteiger partial charge in [-0.25, -0.2) is 13.8 Å². The number of carbonyl (C=O) groups is 1. The van der Waals surface area contributed by atoms with Gasteiger partial charge in [0.1, 0.15) is 11.6 Å². The fraction of sp³-hybridized carbons (Fsp3) is 0.194. The zero-order valence-corrected chi connectivity index (χ0v) is 26.9. The van der Waals surface area contributed by atoms with Crippen LogP contribution in [0.15, 0.2) is 107 Å². The number of aromatic nitrogens is 4. The molecule has 2 aliphatic rings. The second-order valence-electron chi connectivity index (χ2n) is 11.5. The summed E-state index contributed by atoms with van der Waals surface area (Å²) in [5.41, 5.74) is 6.00. The van der Waals surface area contributed by atoms with Crippen LogP contribution in [0.3, 0.4) is 0 Å². The number of hydrogen-bond donors (Lipinski definition) is 0. The van der Waals surface area contributed by atoms with E-state index in [9.17, 15) is 13.6 Å². The molecule has 0 radical (unpaired) electrons. The number of halogens is 3. The Morgan fingerprint density at radius 1 is 0.979 bits per heavy atom. The average molecular weight is 667 g/mol. The molecule has 0 saturated heterocycles. The molecule has 47 heavy (non-hydrogen) atoms. The first kappa shape index (κ1) is 31.0. The number of carbonyl (C=O) groups excluding carboxylic acids is 1. The summed E-state index contributed by atoms with van der Waals surface area (Å²) in [4.78, 5) is 18.3. The summed E-state index contributed by atoms with van der Waals surface area (Å²) in [6, 6.07) is 21.6. The van der Waals surface area contributed by atoms with Gasteiger partial charge in [0, 0.05) is 28.9 Å². The van der Waals surface area contributed by atoms with Crippen molar-refractivity contribution in [2.75, 3.05) is 5.75 Å². The smallest absolute Gasteiger partial charge is 0.253 e. The van der Waals surface area contributed by atoms with Gasteiger partial charge < -0.3 is 0 Å². The molecule has 1 fully saturated rings. The van der Waals surface area contributed by atoms with Gasteiger partial charge in [0.2, 0.25) is 0 Å². The van der Waals surface area contributed by atoms with Crippen molar-refractivity contribution in [3.05, 3.63) is 130 Å². The quantitative estimate of drug-likeness (QED) is 0.163. The first-order valence-corrected chi connectivity index (χ1v) is 16.6. The van der Waals surface area contributed by atoms with E-state index in [4.69, 9.17) is 16.7 Å². The normalized spacial score (nSPS) is 18.3. The highest BCUT2D eigenvalue weighted by Crippen LogP contribution is 2.45. The van der Waals surface area contributed by atoms with Crippen molar-refractivity contribution in [3.63, 3.8) is 0 Å². The number of fused-ring (bicyclic) bond motifs is 1. The molecule has 2 atom stereocenters. The molecule has 236 valence electrons. The predicted molar refractivity (Wildman–Crippen MR) is 180 cm³/mol. The Balaban J connectivity index is 1.23. The van der Waals surface area contributed by atoms with E-state index in [0.29, 0.717) is 16.0 Å². The van der Waals surface area contributed by atoms with E-state index < -0.39 is 6.04 Å². The molecule has 5 aromatic rings. The minimum Gasteiger partial charge on any atom is -0.272 e. The molecular weight excluding hydrogens is 638 g/mol. The summed E-state index contributed by atoms with van der Waals surface area (Å²) < 4.78 is 29.5. The van der Waals surface area contributed by atoms with Crippen LogP contribution in [0, 0.1) is 24.5 Å². The molecule has 2 aromatic heterocycles. The van der Waals surface area contributed by atoms with Crippen molar-refractivity contribution < 1.29 is 13.6 Å². The summed E-state index contributed by atoms with van der Waals surface area (Å²) in [6.45, 7) is 1.93. The second kappa shape index (κ2) is 13.2. The van der Waals surface area contributed by atoms with Crippen molar-refractivity contribution in [3.8, 4) is 17.1 Å². The maximum absolute atomic E-state index is 14.1. The highest BCUT2D eigenvalue weighted by Gasteiger charge is 2.43. The number of nitrogens with zero attached hydrogens (tertiary/aromatic N) is 6. The van der Waals surface area contributed by atoms with E-state index in [0.717, 1.165) is 58.5 Å². The van der Waals surface area contributed by atoms with E-state index in [1.165, 1.54) is 36.0 Å². The number of benzene rings is 3. The van der Waals surface area contributed by atoms with Crippen LogP contribution in [0.1, 0.15) is 42.0 Å². The third-order valence-corrected chi connectivity index (χ3v) is 9.88. The molecule has 0 spiro atoms. The van der Waals surface area contributed by atoms with Crippen molar-refractivity contribution in [2.45, 2.75) is 37.4 Å². The van der Waals surface area contributed by atoms with Gasteiger partial charge in [0.25, 0.3) is 5.91 Å². The third-order valence-electron chi connectivity index (χ3n) is 8.56. The van der Waals surface area contributed by atoms with Crippen LogP contribution in [0.2, 0.25) is 5.02 Å². The molecule has 3 aromatic carbocycles. The number of hydrazone groups is 1. The zero-order chi connectivity index (χ0) is 32.5. The largest absolute Gasteiger partial charge is 0.272 e. The van der Waals surface area contributed by atoms with E-state index in [1.807, 2.05) is 47.9 Å².